The van der Waals surface area contributed by atoms with Gasteiger partial charge in [-0.2, -0.15) is 0 Å². The lowest BCUT2D eigenvalue weighted by atomic mass is 9.83. The molecule has 1 aliphatic carbocycles. The van der Waals surface area contributed by atoms with Crippen LogP contribution in [0.2, 0.25) is 5.02 Å². The van der Waals surface area contributed by atoms with E-state index < -0.39 is 10.0 Å². The van der Waals surface area contributed by atoms with E-state index in [1.807, 2.05) is 0 Å². The Morgan fingerprint density at radius 3 is 2.70 bits per heavy atom. The van der Waals surface area contributed by atoms with E-state index in [2.05, 4.69) is 20.7 Å². The topological polar surface area (TPSA) is 75.6 Å². The molecule has 112 valence electrons. The van der Waals surface area contributed by atoms with Crippen molar-refractivity contribution in [3.05, 3.63) is 21.6 Å². The van der Waals surface area contributed by atoms with Crippen molar-refractivity contribution in [2.45, 2.75) is 23.8 Å². The third-order valence-electron chi connectivity index (χ3n) is 3.24. The molecule has 0 aliphatic heterocycles. The van der Waals surface area contributed by atoms with Crippen molar-refractivity contribution in [1.29, 1.82) is 0 Å². The number of halogens is 2. The number of rotatable bonds is 5. The summed E-state index contributed by atoms with van der Waals surface area (Å²) in [6.45, 7) is 0.298. The molecule has 1 fully saturated rings. The summed E-state index contributed by atoms with van der Waals surface area (Å²) in [5.74, 6) is 0.393. The van der Waals surface area contributed by atoms with Gasteiger partial charge in [-0.25, -0.2) is 13.1 Å². The van der Waals surface area contributed by atoms with Crippen LogP contribution in [0.25, 0.3) is 0 Å². The lowest BCUT2D eigenvalue weighted by Gasteiger charge is -2.31. The number of aliphatic hydroxyl groups is 1. The number of aliphatic hydroxyl groups excluding tert-OH is 1. The minimum atomic E-state index is -3.71. The van der Waals surface area contributed by atoms with E-state index in [1.165, 1.54) is 13.2 Å². The third kappa shape index (κ3) is 3.46. The molecule has 8 heteroatoms. The van der Waals surface area contributed by atoms with Gasteiger partial charge in [0.1, 0.15) is 4.90 Å². The second-order valence-electron chi connectivity index (χ2n) is 4.76. The Bertz CT molecular complexity index is 602. The SMILES string of the molecule is COc1c(Br)cc(Cl)cc1S(=O)(=O)NCC1CC(O)C1. The molecule has 2 rings (SSSR count). The number of methoxy groups -OCH3 is 1. The zero-order valence-electron chi connectivity index (χ0n) is 10.8. The Kier molecular flexibility index (Phi) is 4.96. The van der Waals surface area contributed by atoms with Crippen molar-refractivity contribution >= 4 is 37.6 Å². The summed E-state index contributed by atoms with van der Waals surface area (Å²) < 4.78 is 32.7. The summed E-state index contributed by atoms with van der Waals surface area (Å²) >= 11 is 9.12. The minimum absolute atomic E-state index is 0.000697. The van der Waals surface area contributed by atoms with Gasteiger partial charge in [0.25, 0.3) is 0 Å². The second-order valence-corrected chi connectivity index (χ2v) is 7.79. The van der Waals surface area contributed by atoms with E-state index >= 15 is 0 Å². The highest BCUT2D eigenvalue weighted by Crippen LogP contribution is 2.35. The number of sulfonamides is 1. The first kappa shape index (κ1) is 16.0. The van der Waals surface area contributed by atoms with Gasteiger partial charge in [0.05, 0.1) is 17.7 Å². The number of hydrogen-bond donors (Lipinski definition) is 2. The molecule has 1 aromatic carbocycles. The normalized spacial score (nSPS) is 22.4. The van der Waals surface area contributed by atoms with Crippen LogP contribution in [0.15, 0.2) is 21.5 Å². The molecule has 1 aliphatic rings. The average Bonchev–Trinajstić information content (AvgIpc) is 2.32. The molecule has 0 heterocycles. The fourth-order valence-electron chi connectivity index (χ4n) is 2.11. The molecule has 1 saturated carbocycles. The smallest absolute Gasteiger partial charge is 0.244 e. The molecule has 1 aromatic rings. The molecule has 2 N–H and O–H groups in total. The van der Waals surface area contributed by atoms with E-state index in [4.69, 9.17) is 16.3 Å². The number of hydrogen-bond acceptors (Lipinski definition) is 4. The molecule has 0 atom stereocenters. The van der Waals surface area contributed by atoms with Gasteiger partial charge in [0.2, 0.25) is 10.0 Å². The summed E-state index contributed by atoms with van der Waals surface area (Å²) in [6, 6.07) is 2.92. The largest absolute Gasteiger partial charge is 0.494 e. The van der Waals surface area contributed by atoms with E-state index in [0.29, 0.717) is 28.9 Å². The minimum Gasteiger partial charge on any atom is -0.494 e. The maximum absolute atomic E-state index is 12.3. The van der Waals surface area contributed by atoms with Crippen LogP contribution >= 0.6 is 27.5 Å². The molecule has 0 aromatic heterocycles. The van der Waals surface area contributed by atoms with Crippen LogP contribution in [0.4, 0.5) is 0 Å². The van der Waals surface area contributed by atoms with Crippen LogP contribution in [0.3, 0.4) is 0 Å². The van der Waals surface area contributed by atoms with Gasteiger partial charge in [-0.05, 0) is 46.8 Å². The number of benzene rings is 1. The molecule has 0 bridgehead atoms. The molecule has 0 radical (unpaired) electrons. The highest BCUT2D eigenvalue weighted by Gasteiger charge is 2.29. The third-order valence-corrected chi connectivity index (χ3v) is 5.48. The maximum Gasteiger partial charge on any atom is 0.244 e. The van der Waals surface area contributed by atoms with Crippen molar-refractivity contribution in [2.75, 3.05) is 13.7 Å². The van der Waals surface area contributed by atoms with Gasteiger partial charge in [-0.3, -0.25) is 0 Å². The highest BCUT2D eigenvalue weighted by atomic mass is 79.9. The Morgan fingerprint density at radius 2 is 2.15 bits per heavy atom. The van der Waals surface area contributed by atoms with Crippen LogP contribution in [-0.2, 0) is 10.0 Å². The number of nitrogens with one attached hydrogen (secondary N) is 1. The predicted molar refractivity (Wildman–Crippen MR) is 79.6 cm³/mol. The van der Waals surface area contributed by atoms with Gasteiger partial charge in [-0.15, -0.1) is 0 Å². The van der Waals surface area contributed by atoms with Crippen molar-refractivity contribution in [1.82, 2.24) is 4.72 Å². The fraction of sp³-hybridized carbons (Fsp3) is 0.500. The summed E-state index contributed by atoms with van der Waals surface area (Å²) in [5, 5.41) is 9.50. The lowest BCUT2D eigenvalue weighted by Crippen LogP contribution is -2.38. The van der Waals surface area contributed by atoms with Gasteiger partial charge < -0.3 is 9.84 Å². The zero-order chi connectivity index (χ0) is 14.9. The molecule has 0 unspecified atom stereocenters. The van der Waals surface area contributed by atoms with Crippen molar-refractivity contribution in [3.63, 3.8) is 0 Å². The van der Waals surface area contributed by atoms with Crippen molar-refractivity contribution in [3.8, 4) is 5.75 Å². The zero-order valence-corrected chi connectivity index (χ0v) is 13.9. The molecule has 5 nitrogen and oxygen atoms in total. The standard InChI is InChI=1S/C12H15BrClNO4S/c1-19-12-10(13)4-8(14)5-11(12)20(17,18)15-6-7-2-9(16)3-7/h4-5,7,9,15-16H,2-3,6H2,1H3. The highest BCUT2D eigenvalue weighted by molar-refractivity contribution is 9.10. The van der Waals surface area contributed by atoms with Crippen molar-refractivity contribution < 1.29 is 18.3 Å². The number of ether oxygens (including phenoxy) is 1. The Morgan fingerprint density at radius 1 is 1.50 bits per heavy atom. The first-order chi connectivity index (χ1) is 9.33. The van der Waals surface area contributed by atoms with Gasteiger partial charge in [0.15, 0.2) is 5.75 Å². The van der Waals surface area contributed by atoms with E-state index in [-0.39, 0.29) is 22.7 Å². The predicted octanol–water partition coefficient (Wildman–Crippen LogP) is 2.16. The summed E-state index contributed by atoms with van der Waals surface area (Å²) in [7, 11) is -2.31. The fourth-order valence-corrected chi connectivity index (χ4v) is 4.61. The van der Waals surface area contributed by atoms with Crippen LogP contribution in [-0.4, -0.2) is 33.3 Å². The van der Waals surface area contributed by atoms with Gasteiger partial charge in [0, 0.05) is 11.6 Å². The van der Waals surface area contributed by atoms with Crippen LogP contribution in [0.1, 0.15) is 12.8 Å². The van der Waals surface area contributed by atoms with Gasteiger partial charge >= 0.3 is 0 Å². The van der Waals surface area contributed by atoms with E-state index in [1.54, 1.807) is 6.07 Å². The Hall–Kier alpha value is -0.340. The maximum atomic E-state index is 12.3. The quantitative estimate of drug-likeness (QED) is 0.816. The molecule has 0 spiro atoms. The van der Waals surface area contributed by atoms with Crippen LogP contribution < -0.4 is 9.46 Å². The average molecular weight is 385 g/mol. The van der Waals surface area contributed by atoms with E-state index in [0.717, 1.165) is 0 Å². The lowest BCUT2D eigenvalue weighted by molar-refractivity contribution is 0.0453. The summed E-state index contributed by atoms with van der Waals surface area (Å²) in [4.78, 5) is -0.000697. The first-order valence-electron chi connectivity index (χ1n) is 6.04. The Labute approximate surface area is 131 Å². The molecular formula is C12H15BrClNO4S. The Balaban J connectivity index is 2.20. The van der Waals surface area contributed by atoms with Gasteiger partial charge in [-0.1, -0.05) is 11.6 Å². The van der Waals surface area contributed by atoms with Crippen LogP contribution in [0, 0.1) is 5.92 Å². The first-order valence-corrected chi connectivity index (χ1v) is 8.69. The second kappa shape index (κ2) is 6.19. The molecule has 0 amide bonds. The summed E-state index contributed by atoms with van der Waals surface area (Å²) in [6.07, 6.45) is 0.942. The molecule has 0 saturated heterocycles. The van der Waals surface area contributed by atoms with Crippen molar-refractivity contribution in [2.24, 2.45) is 5.92 Å². The summed E-state index contributed by atoms with van der Waals surface area (Å²) in [5.41, 5.74) is 0. The monoisotopic (exact) mass is 383 g/mol. The van der Waals surface area contributed by atoms with Crippen LogP contribution in [0.5, 0.6) is 5.75 Å². The van der Waals surface area contributed by atoms with E-state index in [9.17, 15) is 13.5 Å². The molecular weight excluding hydrogens is 370 g/mol. The molecule has 20 heavy (non-hydrogen) atoms.